The number of hydrogen-bond donors (Lipinski definition) is 0. The van der Waals surface area contributed by atoms with Gasteiger partial charge in [-0.3, -0.25) is 0 Å². The van der Waals surface area contributed by atoms with E-state index >= 15 is 0 Å². The molecule has 0 atom stereocenters. The van der Waals surface area contributed by atoms with Crippen LogP contribution in [0.25, 0.3) is 11.4 Å². The second-order valence-electron chi connectivity index (χ2n) is 4.65. The molecule has 5 nitrogen and oxygen atoms in total. The minimum absolute atomic E-state index is 0.358. The van der Waals surface area contributed by atoms with Crippen molar-refractivity contribution in [2.24, 2.45) is 0 Å². The lowest BCUT2D eigenvalue weighted by Gasteiger charge is -2.05. The van der Waals surface area contributed by atoms with E-state index in [0.717, 1.165) is 10.5 Å². The number of rotatable bonds is 5. The SMILES string of the molecule is COC(=O)c1ccccc1SCc1nc(-c2ccccc2)no1. The standard InChI is InChI=1S/C17H14N2O3S/c1-21-17(20)13-9-5-6-10-14(13)23-11-15-18-16(19-22-15)12-7-3-2-4-8-12/h2-10H,11H2,1H3. The third-order valence-electron chi connectivity index (χ3n) is 3.14. The van der Waals surface area contributed by atoms with E-state index in [9.17, 15) is 4.79 Å². The summed E-state index contributed by atoms with van der Waals surface area (Å²) in [6, 6.07) is 16.9. The van der Waals surface area contributed by atoms with Crippen molar-refractivity contribution in [3.63, 3.8) is 0 Å². The van der Waals surface area contributed by atoms with Gasteiger partial charge in [-0.2, -0.15) is 4.98 Å². The number of carbonyl (C=O) groups is 1. The summed E-state index contributed by atoms with van der Waals surface area (Å²) in [5, 5.41) is 3.98. The number of hydrogen-bond acceptors (Lipinski definition) is 6. The van der Waals surface area contributed by atoms with Crippen molar-refractivity contribution in [3.05, 3.63) is 66.1 Å². The summed E-state index contributed by atoms with van der Waals surface area (Å²) in [4.78, 5) is 16.9. The van der Waals surface area contributed by atoms with Gasteiger partial charge >= 0.3 is 5.97 Å². The fourth-order valence-electron chi connectivity index (χ4n) is 2.03. The molecule has 2 aromatic carbocycles. The van der Waals surface area contributed by atoms with Crippen LogP contribution in [0.1, 0.15) is 16.2 Å². The summed E-state index contributed by atoms with van der Waals surface area (Å²) in [6.07, 6.45) is 0. The lowest BCUT2D eigenvalue weighted by atomic mass is 10.2. The highest BCUT2D eigenvalue weighted by Crippen LogP contribution is 2.27. The molecule has 0 saturated heterocycles. The molecule has 0 fully saturated rings. The van der Waals surface area contributed by atoms with E-state index < -0.39 is 0 Å². The molecule has 0 aliphatic rings. The maximum Gasteiger partial charge on any atom is 0.338 e. The molecule has 23 heavy (non-hydrogen) atoms. The zero-order valence-electron chi connectivity index (χ0n) is 12.4. The van der Waals surface area contributed by atoms with Gasteiger partial charge in [-0.25, -0.2) is 4.79 Å². The molecular weight excluding hydrogens is 312 g/mol. The van der Waals surface area contributed by atoms with E-state index in [1.807, 2.05) is 42.5 Å². The molecule has 116 valence electrons. The quantitative estimate of drug-likeness (QED) is 0.524. The van der Waals surface area contributed by atoms with Gasteiger partial charge in [0.1, 0.15) is 0 Å². The van der Waals surface area contributed by atoms with Crippen LogP contribution in [0.4, 0.5) is 0 Å². The number of carbonyl (C=O) groups excluding carboxylic acids is 1. The van der Waals surface area contributed by atoms with Crippen molar-refractivity contribution in [1.82, 2.24) is 10.1 Å². The van der Waals surface area contributed by atoms with Gasteiger partial charge in [-0.15, -0.1) is 11.8 Å². The molecule has 0 spiro atoms. The summed E-state index contributed by atoms with van der Waals surface area (Å²) in [5.74, 6) is 1.19. The molecule has 1 aromatic heterocycles. The van der Waals surface area contributed by atoms with Crippen LogP contribution < -0.4 is 0 Å². The second-order valence-corrected chi connectivity index (χ2v) is 5.67. The minimum atomic E-state index is -0.358. The molecule has 1 heterocycles. The van der Waals surface area contributed by atoms with Gasteiger partial charge in [0.25, 0.3) is 0 Å². The van der Waals surface area contributed by atoms with Crippen molar-refractivity contribution >= 4 is 17.7 Å². The second kappa shape index (κ2) is 7.11. The largest absolute Gasteiger partial charge is 0.465 e. The average Bonchev–Trinajstić information content (AvgIpc) is 3.09. The molecule has 6 heteroatoms. The predicted octanol–water partition coefficient (Wildman–Crippen LogP) is 3.82. The molecule has 0 saturated carbocycles. The molecular formula is C17H14N2O3S. The zero-order valence-corrected chi connectivity index (χ0v) is 13.2. The fourth-order valence-corrected chi connectivity index (χ4v) is 2.91. The summed E-state index contributed by atoms with van der Waals surface area (Å²) >= 11 is 1.46. The minimum Gasteiger partial charge on any atom is -0.465 e. The number of nitrogens with zero attached hydrogens (tertiary/aromatic N) is 2. The van der Waals surface area contributed by atoms with Gasteiger partial charge in [-0.1, -0.05) is 47.6 Å². The van der Waals surface area contributed by atoms with Crippen LogP contribution in [-0.4, -0.2) is 23.2 Å². The van der Waals surface area contributed by atoms with Crippen LogP contribution in [0.3, 0.4) is 0 Å². The normalized spacial score (nSPS) is 10.5. The average molecular weight is 326 g/mol. The van der Waals surface area contributed by atoms with Crippen LogP contribution >= 0.6 is 11.8 Å². The van der Waals surface area contributed by atoms with Gasteiger partial charge in [0.15, 0.2) is 0 Å². The molecule has 0 N–H and O–H groups in total. The summed E-state index contributed by atoms with van der Waals surface area (Å²) in [7, 11) is 1.37. The molecule has 0 aliphatic carbocycles. The van der Waals surface area contributed by atoms with Crippen molar-refractivity contribution in [3.8, 4) is 11.4 Å². The van der Waals surface area contributed by atoms with Crippen LogP contribution in [0.2, 0.25) is 0 Å². The molecule has 0 unspecified atom stereocenters. The van der Waals surface area contributed by atoms with Gasteiger partial charge in [0, 0.05) is 10.5 Å². The molecule has 3 aromatic rings. The summed E-state index contributed by atoms with van der Waals surface area (Å²) in [6.45, 7) is 0. The monoisotopic (exact) mass is 326 g/mol. The van der Waals surface area contributed by atoms with E-state index in [0.29, 0.717) is 23.0 Å². The number of aromatic nitrogens is 2. The number of thioether (sulfide) groups is 1. The Morgan fingerprint density at radius 3 is 2.65 bits per heavy atom. The molecule has 0 radical (unpaired) electrons. The smallest absolute Gasteiger partial charge is 0.338 e. The third-order valence-corrected chi connectivity index (χ3v) is 4.20. The predicted molar refractivity (Wildman–Crippen MR) is 87.1 cm³/mol. The first-order valence-electron chi connectivity index (χ1n) is 6.96. The van der Waals surface area contributed by atoms with Crippen LogP contribution in [0.5, 0.6) is 0 Å². The van der Waals surface area contributed by atoms with E-state index in [1.165, 1.54) is 18.9 Å². The Morgan fingerprint density at radius 2 is 1.87 bits per heavy atom. The van der Waals surface area contributed by atoms with Crippen LogP contribution in [-0.2, 0) is 10.5 Å². The lowest BCUT2D eigenvalue weighted by molar-refractivity contribution is 0.0597. The highest BCUT2D eigenvalue weighted by Gasteiger charge is 2.13. The Morgan fingerprint density at radius 1 is 1.13 bits per heavy atom. The van der Waals surface area contributed by atoms with Crippen molar-refractivity contribution in [2.75, 3.05) is 7.11 Å². The lowest BCUT2D eigenvalue weighted by Crippen LogP contribution is -2.02. The van der Waals surface area contributed by atoms with Crippen LogP contribution in [0, 0.1) is 0 Å². The Balaban J connectivity index is 1.73. The Hall–Kier alpha value is -2.60. The highest BCUT2D eigenvalue weighted by molar-refractivity contribution is 7.98. The van der Waals surface area contributed by atoms with Crippen molar-refractivity contribution in [1.29, 1.82) is 0 Å². The zero-order chi connectivity index (χ0) is 16.1. The maximum atomic E-state index is 11.7. The summed E-state index contributed by atoms with van der Waals surface area (Å²) < 4.78 is 10.1. The first-order valence-corrected chi connectivity index (χ1v) is 7.94. The highest BCUT2D eigenvalue weighted by atomic mass is 32.2. The summed E-state index contributed by atoms with van der Waals surface area (Å²) in [5.41, 5.74) is 1.44. The topological polar surface area (TPSA) is 65.2 Å². The Bertz CT molecular complexity index is 802. The van der Waals surface area contributed by atoms with E-state index in [2.05, 4.69) is 10.1 Å². The maximum absolute atomic E-state index is 11.7. The van der Waals surface area contributed by atoms with Gasteiger partial charge in [0.2, 0.25) is 11.7 Å². The number of esters is 1. The number of benzene rings is 2. The number of methoxy groups -OCH3 is 1. The fraction of sp³-hybridized carbons (Fsp3) is 0.118. The molecule has 0 aliphatic heterocycles. The van der Waals surface area contributed by atoms with Gasteiger partial charge < -0.3 is 9.26 Å². The molecule has 0 amide bonds. The third kappa shape index (κ3) is 3.60. The van der Waals surface area contributed by atoms with Crippen molar-refractivity contribution in [2.45, 2.75) is 10.6 Å². The first-order chi connectivity index (χ1) is 11.3. The molecule has 0 bridgehead atoms. The van der Waals surface area contributed by atoms with Gasteiger partial charge in [-0.05, 0) is 12.1 Å². The van der Waals surface area contributed by atoms with Gasteiger partial charge in [0.05, 0.1) is 18.4 Å². The van der Waals surface area contributed by atoms with E-state index in [4.69, 9.17) is 9.26 Å². The van der Waals surface area contributed by atoms with E-state index in [-0.39, 0.29) is 5.97 Å². The molecule has 3 rings (SSSR count). The Labute approximate surface area is 137 Å². The first kappa shape index (κ1) is 15.3. The van der Waals surface area contributed by atoms with Crippen molar-refractivity contribution < 1.29 is 14.1 Å². The van der Waals surface area contributed by atoms with E-state index in [1.54, 1.807) is 12.1 Å². The Kier molecular flexibility index (Phi) is 4.73. The van der Waals surface area contributed by atoms with Crippen LogP contribution in [0.15, 0.2) is 64.0 Å². The number of ether oxygens (including phenoxy) is 1.